The topological polar surface area (TPSA) is 170 Å². The van der Waals surface area contributed by atoms with Crippen molar-refractivity contribution in [3.05, 3.63) is 0 Å². The molecule has 286 valence electrons. The molecule has 0 radical (unpaired) electrons. The van der Waals surface area contributed by atoms with Gasteiger partial charge in [-0.05, 0) is 58.3 Å². The summed E-state index contributed by atoms with van der Waals surface area (Å²) >= 11 is 0. The molecule has 0 aromatic carbocycles. The van der Waals surface area contributed by atoms with Gasteiger partial charge in [0, 0.05) is 51.9 Å². The van der Waals surface area contributed by atoms with E-state index in [1.54, 1.807) is 0 Å². The van der Waals surface area contributed by atoms with Crippen molar-refractivity contribution in [1.29, 1.82) is 21.0 Å². The molecule has 0 fully saturated rings. The van der Waals surface area contributed by atoms with Gasteiger partial charge in [0.25, 0.3) is 0 Å². The van der Waals surface area contributed by atoms with Crippen molar-refractivity contribution in [3.63, 3.8) is 0 Å². The Labute approximate surface area is 307 Å². The standard InChI is InChI=1S/C38H68N6O4S2/c1-38(49(45,46)43(34-26-18-10-2-6-14-22-30-39)35-27-19-11-3-7-15-23-31-40)50(47,48)44(36-28-20-12-4-8-16-24-32-41)37-29-21-13-5-9-17-25-33-42/h38H,2-29,34-37H2,1H3. The number of unbranched alkanes of at least 4 members (excludes halogenated alkanes) is 24. The first-order valence-corrected chi connectivity index (χ1v) is 22.7. The first kappa shape index (κ1) is 47.8. The second-order valence-corrected chi connectivity index (χ2v) is 18.4. The molecule has 0 saturated heterocycles. The van der Waals surface area contributed by atoms with Gasteiger partial charge in [-0.25, -0.2) is 25.4 Å². The second kappa shape index (κ2) is 32.7. The smallest absolute Gasteiger partial charge is 0.211 e. The van der Waals surface area contributed by atoms with Crippen molar-refractivity contribution in [2.75, 3.05) is 26.2 Å². The second-order valence-electron chi connectivity index (χ2n) is 13.6. The highest BCUT2D eigenvalue weighted by Crippen LogP contribution is 2.23. The Bertz CT molecular complexity index is 1060. The zero-order chi connectivity index (χ0) is 37.2. The molecular weight excluding hydrogens is 669 g/mol. The van der Waals surface area contributed by atoms with E-state index in [9.17, 15) is 16.8 Å². The summed E-state index contributed by atoms with van der Waals surface area (Å²) in [4.78, 5) is 0. The molecule has 0 unspecified atom stereocenters. The summed E-state index contributed by atoms with van der Waals surface area (Å²) in [5, 5.41) is 35.0. The molecule has 10 nitrogen and oxygen atoms in total. The molecule has 0 rings (SSSR count). The van der Waals surface area contributed by atoms with Crippen molar-refractivity contribution in [2.45, 2.75) is 191 Å². The summed E-state index contributed by atoms with van der Waals surface area (Å²) in [6.45, 7) is 2.57. The van der Waals surface area contributed by atoms with Gasteiger partial charge < -0.3 is 0 Å². The zero-order valence-corrected chi connectivity index (χ0v) is 33.0. The molecule has 0 N–H and O–H groups in total. The Balaban J connectivity index is 5.53. The lowest BCUT2D eigenvalue weighted by Gasteiger charge is -2.30. The van der Waals surface area contributed by atoms with Crippen LogP contribution < -0.4 is 0 Å². The van der Waals surface area contributed by atoms with Gasteiger partial charge in [-0.3, -0.25) is 0 Å². The largest absolute Gasteiger partial charge is 0.232 e. The van der Waals surface area contributed by atoms with Crippen molar-refractivity contribution < 1.29 is 16.8 Å². The van der Waals surface area contributed by atoms with E-state index in [2.05, 4.69) is 24.3 Å². The summed E-state index contributed by atoms with van der Waals surface area (Å²) in [5.41, 5.74) is 0. The van der Waals surface area contributed by atoms with Gasteiger partial charge in [0.05, 0.1) is 24.3 Å². The van der Waals surface area contributed by atoms with Gasteiger partial charge in [0.15, 0.2) is 4.58 Å². The number of hydrogen-bond acceptors (Lipinski definition) is 8. The fraction of sp³-hybridized carbons (Fsp3) is 0.895. The van der Waals surface area contributed by atoms with Crippen molar-refractivity contribution in [3.8, 4) is 24.3 Å². The van der Waals surface area contributed by atoms with Crippen LogP contribution in [0, 0.1) is 45.3 Å². The van der Waals surface area contributed by atoms with Crippen LogP contribution in [-0.2, 0) is 20.0 Å². The lowest BCUT2D eigenvalue weighted by Crippen LogP contribution is -2.48. The molecule has 0 heterocycles. The van der Waals surface area contributed by atoms with Gasteiger partial charge in [0.2, 0.25) is 20.0 Å². The minimum absolute atomic E-state index is 0.306. The number of hydrogen-bond donors (Lipinski definition) is 0. The highest BCUT2D eigenvalue weighted by Gasteiger charge is 2.40. The molecule has 0 aliphatic heterocycles. The molecule has 0 aliphatic rings. The normalized spacial score (nSPS) is 11.8. The van der Waals surface area contributed by atoms with E-state index in [4.69, 9.17) is 21.0 Å². The third-order valence-corrected chi connectivity index (χ3v) is 14.6. The minimum Gasteiger partial charge on any atom is -0.211 e. The van der Waals surface area contributed by atoms with E-state index in [0.717, 1.165) is 128 Å². The SMILES string of the molecule is CC(S(=O)(=O)N(CCCCCCCCC#N)CCCCCCCCC#N)S(=O)(=O)N(CCCCCCCCC#N)CCCCCCCCC#N. The predicted molar refractivity (Wildman–Crippen MR) is 202 cm³/mol. The third-order valence-electron chi connectivity index (χ3n) is 9.34. The van der Waals surface area contributed by atoms with Crippen LogP contribution in [0.2, 0.25) is 0 Å². The van der Waals surface area contributed by atoms with Crippen molar-refractivity contribution >= 4 is 20.0 Å². The van der Waals surface area contributed by atoms with Crippen LogP contribution in [0.1, 0.15) is 187 Å². The van der Waals surface area contributed by atoms with E-state index < -0.39 is 24.6 Å². The molecule has 12 heteroatoms. The molecule has 0 aliphatic carbocycles. The van der Waals surface area contributed by atoms with Crippen LogP contribution in [0.15, 0.2) is 0 Å². The van der Waals surface area contributed by atoms with E-state index >= 15 is 0 Å². The van der Waals surface area contributed by atoms with Gasteiger partial charge >= 0.3 is 0 Å². The van der Waals surface area contributed by atoms with Crippen LogP contribution in [0.4, 0.5) is 0 Å². The van der Waals surface area contributed by atoms with Gasteiger partial charge in [-0.1, -0.05) is 103 Å². The molecular formula is C38H68N6O4S2. The fourth-order valence-corrected chi connectivity index (χ4v) is 10.4. The Hall–Kier alpha value is -2.22. The molecule has 0 aromatic rings. The molecule has 0 saturated carbocycles. The summed E-state index contributed by atoms with van der Waals surface area (Å²) in [5.74, 6) is 0. The number of sulfonamides is 2. The van der Waals surface area contributed by atoms with E-state index in [0.29, 0.717) is 77.5 Å². The van der Waals surface area contributed by atoms with Crippen LogP contribution in [0.25, 0.3) is 0 Å². The molecule has 0 spiro atoms. The molecule has 0 atom stereocenters. The van der Waals surface area contributed by atoms with Crippen molar-refractivity contribution in [2.24, 2.45) is 0 Å². The fourth-order valence-electron chi connectivity index (χ4n) is 6.10. The van der Waals surface area contributed by atoms with E-state index in [1.807, 2.05) is 0 Å². The van der Waals surface area contributed by atoms with E-state index in [-0.39, 0.29) is 0 Å². The average molecular weight is 737 g/mol. The first-order valence-electron chi connectivity index (χ1n) is 19.7. The summed E-state index contributed by atoms with van der Waals surface area (Å²) in [6, 6.07) is 8.67. The Morgan fingerprint density at radius 3 is 0.740 bits per heavy atom. The summed E-state index contributed by atoms with van der Waals surface area (Å²) < 4.78 is 57.6. The first-order chi connectivity index (χ1) is 24.2. The Morgan fingerprint density at radius 1 is 0.360 bits per heavy atom. The lowest BCUT2D eigenvalue weighted by atomic mass is 10.1. The molecule has 0 bridgehead atoms. The lowest BCUT2D eigenvalue weighted by molar-refractivity contribution is 0.371. The summed E-state index contributed by atoms with van der Waals surface area (Å²) in [7, 11) is -8.26. The maximum Gasteiger partial charge on any atom is 0.232 e. The Kier molecular flexibility index (Phi) is 31.2. The van der Waals surface area contributed by atoms with Crippen molar-refractivity contribution in [1.82, 2.24) is 8.61 Å². The van der Waals surface area contributed by atoms with Crippen LogP contribution in [0.5, 0.6) is 0 Å². The number of rotatable bonds is 36. The Morgan fingerprint density at radius 2 is 0.540 bits per heavy atom. The monoisotopic (exact) mass is 736 g/mol. The molecule has 0 aromatic heterocycles. The molecule has 50 heavy (non-hydrogen) atoms. The zero-order valence-electron chi connectivity index (χ0n) is 31.3. The average Bonchev–Trinajstić information content (AvgIpc) is 3.10. The third kappa shape index (κ3) is 24.1. The highest BCUT2D eigenvalue weighted by atomic mass is 32.3. The highest BCUT2D eigenvalue weighted by molar-refractivity contribution is 8.06. The van der Waals surface area contributed by atoms with E-state index in [1.165, 1.54) is 15.5 Å². The molecule has 0 amide bonds. The maximum atomic E-state index is 14.1. The predicted octanol–water partition coefficient (Wildman–Crippen LogP) is 9.61. The summed E-state index contributed by atoms with van der Waals surface area (Å²) in [6.07, 6.45) is 23.6. The van der Waals surface area contributed by atoms with Crippen LogP contribution in [-0.4, -0.2) is 56.2 Å². The van der Waals surface area contributed by atoms with Gasteiger partial charge in [0.1, 0.15) is 0 Å². The quantitative estimate of drug-likeness (QED) is 0.0572. The maximum absolute atomic E-state index is 14.1. The number of nitrogens with zero attached hydrogens (tertiary/aromatic N) is 6. The van der Waals surface area contributed by atoms with Gasteiger partial charge in [-0.15, -0.1) is 0 Å². The minimum atomic E-state index is -4.13. The van der Waals surface area contributed by atoms with Crippen LogP contribution in [0.3, 0.4) is 0 Å². The van der Waals surface area contributed by atoms with Gasteiger partial charge in [-0.2, -0.15) is 21.0 Å². The van der Waals surface area contributed by atoms with Crippen LogP contribution >= 0.6 is 0 Å². The number of nitriles is 4.